The van der Waals surface area contributed by atoms with Gasteiger partial charge in [-0.05, 0) is 112 Å². The van der Waals surface area contributed by atoms with E-state index in [2.05, 4.69) is 46.8 Å². The summed E-state index contributed by atoms with van der Waals surface area (Å²) in [6, 6.07) is 0. The third-order valence-electron chi connectivity index (χ3n) is 9.84. The first kappa shape index (κ1) is 20.7. The zero-order valence-electron chi connectivity index (χ0n) is 19.1. The minimum atomic E-state index is -0.0841. The molecule has 3 fully saturated rings. The lowest BCUT2D eigenvalue weighted by atomic mass is 9.47. The zero-order chi connectivity index (χ0) is 20.1. The van der Waals surface area contributed by atoms with Gasteiger partial charge in [-0.15, -0.1) is 0 Å². The van der Waals surface area contributed by atoms with Crippen LogP contribution >= 0.6 is 0 Å². The van der Waals surface area contributed by atoms with Crippen molar-refractivity contribution in [3.05, 3.63) is 23.3 Å². The van der Waals surface area contributed by atoms with Crippen molar-refractivity contribution in [2.75, 3.05) is 0 Å². The van der Waals surface area contributed by atoms with Gasteiger partial charge < -0.3 is 5.11 Å². The molecule has 158 valence electrons. The third-order valence-corrected chi connectivity index (χ3v) is 9.84. The van der Waals surface area contributed by atoms with Crippen LogP contribution in [-0.2, 0) is 0 Å². The van der Waals surface area contributed by atoms with E-state index in [9.17, 15) is 5.11 Å². The number of hydrogen-bond donors (Lipinski definition) is 1. The summed E-state index contributed by atoms with van der Waals surface area (Å²) in [4.78, 5) is 0. The van der Waals surface area contributed by atoms with E-state index >= 15 is 0 Å². The average molecular weight is 385 g/mol. The van der Waals surface area contributed by atoms with Crippen LogP contribution in [0.15, 0.2) is 23.3 Å². The Kier molecular flexibility index (Phi) is 5.62. The van der Waals surface area contributed by atoms with Crippen LogP contribution in [0.5, 0.6) is 0 Å². The van der Waals surface area contributed by atoms with Gasteiger partial charge in [0.2, 0.25) is 0 Å². The lowest BCUT2D eigenvalue weighted by molar-refractivity contribution is -0.0454. The average Bonchev–Trinajstić information content (AvgIpc) is 2.99. The number of hydrogen-bond acceptors (Lipinski definition) is 1. The summed E-state index contributed by atoms with van der Waals surface area (Å²) in [5, 5.41) is 10.2. The van der Waals surface area contributed by atoms with Crippen molar-refractivity contribution in [1.29, 1.82) is 0 Å². The van der Waals surface area contributed by atoms with Crippen molar-refractivity contribution in [2.45, 2.75) is 105 Å². The van der Waals surface area contributed by atoms with Gasteiger partial charge in [0.05, 0.1) is 6.10 Å². The number of allylic oxidation sites excluding steroid dienone is 3. The molecule has 7 atom stereocenters. The molecule has 4 aliphatic rings. The van der Waals surface area contributed by atoms with Gasteiger partial charge in [0.15, 0.2) is 0 Å². The van der Waals surface area contributed by atoms with E-state index in [0.717, 1.165) is 42.4 Å². The molecule has 0 aromatic rings. The van der Waals surface area contributed by atoms with Crippen LogP contribution in [-0.4, -0.2) is 11.2 Å². The minimum Gasteiger partial charge on any atom is -0.393 e. The van der Waals surface area contributed by atoms with E-state index in [1.165, 1.54) is 51.4 Å². The summed E-state index contributed by atoms with van der Waals surface area (Å²) in [7, 11) is 0. The fraction of sp³-hybridized carbons (Fsp3) is 0.852. The van der Waals surface area contributed by atoms with Crippen molar-refractivity contribution >= 4 is 0 Å². The maximum absolute atomic E-state index is 10.2. The zero-order valence-corrected chi connectivity index (χ0v) is 19.1. The topological polar surface area (TPSA) is 20.2 Å². The molecule has 28 heavy (non-hydrogen) atoms. The second kappa shape index (κ2) is 7.60. The van der Waals surface area contributed by atoms with Crippen molar-refractivity contribution < 1.29 is 5.11 Å². The second-order valence-electron chi connectivity index (χ2n) is 11.7. The van der Waals surface area contributed by atoms with Gasteiger partial charge in [-0.1, -0.05) is 51.0 Å². The molecule has 3 saturated carbocycles. The maximum Gasteiger partial charge on any atom is 0.0577 e. The fourth-order valence-electron chi connectivity index (χ4n) is 8.18. The summed E-state index contributed by atoms with van der Waals surface area (Å²) in [6.07, 6.45) is 17.8. The molecule has 0 spiro atoms. The predicted octanol–water partition coefficient (Wildman–Crippen LogP) is 7.31. The molecule has 0 saturated heterocycles. The van der Waals surface area contributed by atoms with Gasteiger partial charge >= 0.3 is 0 Å². The highest BCUT2D eigenvalue weighted by molar-refractivity contribution is 5.26. The van der Waals surface area contributed by atoms with E-state index in [1.54, 1.807) is 11.1 Å². The van der Waals surface area contributed by atoms with E-state index in [1.807, 2.05) is 0 Å². The van der Waals surface area contributed by atoms with E-state index in [4.69, 9.17) is 0 Å². The smallest absolute Gasteiger partial charge is 0.0577 e. The highest BCUT2D eigenvalue weighted by atomic mass is 16.3. The third kappa shape index (κ3) is 3.34. The monoisotopic (exact) mass is 384 g/mol. The van der Waals surface area contributed by atoms with Crippen LogP contribution in [0.3, 0.4) is 0 Å². The second-order valence-corrected chi connectivity index (χ2v) is 11.7. The molecule has 4 unspecified atom stereocenters. The summed E-state index contributed by atoms with van der Waals surface area (Å²) in [6.45, 7) is 12.3. The van der Waals surface area contributed by atoms with Gasteiger partial charge in [-0.3, -0.25) is 0 Å². The predicted molar refractivity (Wildman–Crippen MR) is 119 cm³/mol. The first-order valence-electron chi connectivity index (χ1n) is 12.3. The SMILES string of the molecule is C/C(=C/CCC(C)C)C1CCC2C3CC=C4C[C@@H](O)CC[C@]4(C)C3CC[C@]12C. The quantitative estimate of drug-likeness (QED) is 0.504. The Morgan fingerprint density at radius 2 is 1.93 bits per heavy atom. The van der Waals surface area contributed by atoms with Crippen LogP contribution < -0.4 is 0 Å². The molecule has 0 amide bonds. The molecule has 0 aromatic carbocycles. The Hall–Kier alpha value is -0.560. The molecule has 1 N–H and O–H groups in total. The van der Waals surface area contributed by atoms with Gasteiger partial charge in [-0.2, -0.15) is 0 Å². The van der Waals surface area contributed by atoms with Crippen molar-refractivity contribution in [3.8, 4) is 0 Å². The molecule has 4 aliphatic carbocycles. The molecule has 0 bridgehead atoms. The molecular formula is C27H44O. The summed E-state index contributed by atoms with van der Waals surface area (Å²) in [5.41, 5.74) is 4.21. The number of fused-ring (bicyclic) bond motifs is 5. The maximum atomic E-state index is 10.2. The van der Waals surface area contributed by atoms with Gasteiger partial charge in [0.25, 0.3) is 0 Å². The number of rotatable bonds is 4. The lowest BCUT2D eigenvalue weighted by Crippen LogP contribution is -2.50. The fourth-order valence-corrected chi connectivity index (χ4v) is 8.18. The first-order chi connectivity index (χ1) is 13.3. The Morgan fingerprint density at radius 3 is 2.68 bits per heavy atom. The summed E-state index contributed by atoms with van der Waals surface area (Å²) >= 11 is 0. The van der Waals surface area contributed by atoms with Crippen LogP contribution in [0, 0.1) is 40.4 Å². The Balaban J connectivity index is 1.54. The van der Waals surface area contributed by atoms with Gasteiger partial charge in [0.1, 0.15) is 0 Å². The molecule has 0 aromatic heterocycles. The van der Waals surface area contributed by atoms with Crippen molar-refractivity contribution in [1.82, 2.24) is 0 Å². The summed E-state index contributed by atoms with van der Waals surface area (Å²) in [5.74, 6) is 4.28. The van der Waals surface area contributed by atoms with Crippen molar-refractivity contribution in [2.24, 2.45) is 40.4 Å². The van der Waals surface area contributed by atoms with E-state index in [0.29, 0.717) is 10.8 Å². The molecule has 0 aliphatic heterocycles. The van der Waals surface area contributed by atoms with Gasteiger partial charge in [-0.25, -0.2) is 0 Å². The van der Waals surface area contributed by atoms with Crippen molar-refractivity contribution in [3.63, 3.8) is 0 Å². The van der Waals surface area contributed by atoms with Crippen LogP contribution in [0.1, 0.15) is 98.8 Å². The Labute approximate surface area is 174 Å². The van der Waals surface area contributed by atoms with Crippen LogP contribution in [0.25, 0.3) is 0 Å². The molecule has 1 heteroatoms. The molecule has 0 heterocycles. The molecule has 4 rings (SSSR count). The highest BCUT2D eigenvalue weighted by Gasteiger charge is 2.58. The Morgan fingerprint density at radius 1 is 1.14 bits per heavy atom. The van der Waals surface area contributed by atoms with E-state index < -0.39 is 0 Å². The van der Waals surface area contributed by atoms with Crippen LogP contribution in [0.4, 0.5) is 0 Å². The number of aliphatic hydroxyl groups excluding tert-OH is 1. The lowest BCUT2D eigenvalue weighted by Gasteiger charge is -2.58. The number of aliphatic hydroxyl groups is 1. The molecular weight excluding hydrogens is 340 g/mol. The first-order valence-corrected chi connectivity index (χ1v) is 12.3. The van der Waals surface area contributed by atoms with Gasteiger partial charge in [0, 0.05) is 0 Å². The largest absolute Gasteiger partial charge is 0.393 e. The molecule has 0 radical (unpaired) electrons. The standard InChI is InChI=1S/C27H44O/c1-18(2)7-6-8-19(3)23-11-12-24-22-10-9-20-17-21(28)13-15-26(20,4)25(22)14-16-27(23,24)5/h8-9,18,21-25,28H,6-7,10-17H2,1-5H3/b19-8-/t21-,22?,23?,24?,25?,26-,27+/m0/s1. The van der Waals surface area contributed by atoms with E-state index in [-0.39, 0.29) is 6.10 Å². The Bertz CT molecular complexity index is 643. The summed E-state index contributed by atoms with van der Waals surface area (Å²) < 4.78 is 0. The van der Waals surface area contributed by atoms with Crippen LogP contribution in [0.2, 0.25) is 0 Å². The minimum absolute atomic E-state index is 0.0841. The molecule has 1 nitrogen and oxygen atoms in total. The normalized spacial score (nSPS) is 46.0. The highest BCUT2D eigenvalue weighted by Crippen LogP contribution is 2.67.